The number of hydrogen-bond acceptors (Lipinski definition) is 2. The molecule has 2 N–H and O–H groups in total. The third-order valence-corrected chi connectivity index (χ3v) is 2.70. The second-order valence-corrected chi connectivity index (χ2v) is 4.03. The smallest absolute Gasteiger partial charge is 0.159 e. The van der Waals surface area contributed by atoms with E-state index in [1.165, 1.54) is 12.1 Å². The maximum atomic E-state index is 12.9. The molecule has 1 aliphatic rings. The van der Waals surface area contributed by atoms with Gasteiger partial charge in [0.1, 0.15) is 0 Å². The summed E-state index contributed by atoms with van der Waals surface area (Å²) < 4.78 is 25.6. The van der Waals surface area contributed by atoms with Crippen LogP contribution in [-0.2, 0) is 6.54 Å². The van der Waals surface area contributed by atoms with Gasteiger partial charge in [0.15, 0.2) is 11.6 Å². The average molecular weight is 285 g/mol. The van der Waals surface area contributed by atoms with Crippen LogP contribution in [0.15, 0.2) is 18.2 Å². The lowest BCUT2D eigenvalue weighted by molar-refractivity contribution is 0.326. The van der Waals surface area contributed by atoms with Crippen LogP contribution in [0.5, 0.6) is 0 Å². The van der Waals surface area contributed by atoms with Crippen LogP contribution in [0, 0.1) is 11.6 Å². The molecule has 2 nitrogen and oxygen atoms in total. The van der Waals surface area contributed by atoms with E-state index in [0.29, 0.717) is 6.54 Å². The summed E-state index contributed by atoms with van der Waals surface area (Å²) in [7, 11) is 0. The van der Waals surface area contributed by atoms with Crippen LogP contribution >= 0.6 is 24.8 Å². The average Bonchev–Trinajstić information content (AvgIpc) is 2.58. The molecule has 6 heteroatoms. The molecule has 0 amide bonds. The highest BCUT2D eigenvalue weighted by molar-refractivity contribution is 5.85. The summed E-state index contributed by atoms with van der Waals surface area (Å²) in [6.45, 7) is 2.41. The van der Waals surface area contributed by atoms with Gasteiger partial charge in [-0.15, -0.1) is 24.8 Å². The minimum Gasteiger partial charge on any atom is -0.326 e. The second kappa shape index (κ2) is 7.11. The van der Waals surface area contributed by atoms with Crippen molar-refractivity contribution in [2.24, 2.45) is 5.73 Å². The van der Waals surface area contributed by atoms with Crippen molar-refractivity contribution in [3.05, 3.63) is 35.4 Å². The first kappa shape index (κ1) is 16.6. The van der Waals surface area contributed by atoms with Crippen molar-refractivity contribution < 1.29 is 8.78 Å². The lowest BCUT2D eigenvalue weighted by Crippen LogP contribution is -2.26. The Morgan fingerprint density at radius 1 is 1.24 bits per heavy atom. The van der Waals surface area contributed by atoms with Crippen molar-refractivity contribution in [3.63, 3.8) is 0 Å². The zero-order valence-corrected chi connectivity index (χ0v) is 10.9. The summed E-state index contributed by atoms with van der Waals surface area (Å²) in [5, 5.41) is 0. The first-order chi connectivity index (χ1) is 7.15. The summed E-state index contributed by atoms with van der Waals surface area (Å²) in [4.78, 5) is 2.15. The number of likely N-dealkylation sites (tertiary alicyclic amines) is 1. The van der Waals surface area contributed by atoms with Crippen molar-refractivity contribution in [2.75, 3.05) is 13.1 Å². The van der Waals surface area contributed by atoms with Crippen LogP contribution in [0.1, 0.15) is 12.0 Å². The van der Waals surface area contributed by atoms with E-state index in [4.69, 9.17) is 5.73 Å². The third kappa shape index (κ3) is 4.39. The fraction of sp³-hybridized carbons (Fsp3) is 0.455. The topological polar surface area (TPSA) is 29.3 Å². The van der Waals surface area contributed by atoms with Gasteiger partial charge in [0.25, 0.3) is 0 Å². The number of rotatable bonds is 2. The molecule has 0 spiro atoms. The molecule has 0 aliphatic carbocycles. The molecule has 0 saturated carbocycles. The van der Waals surface area contributed by atoms with Crippen molar-refractivity contribution in [3.8, 4) is 0 Å². The van der Waals surface area contributed by atoms with Crippen molar-refractivity contribution >= 4 is 24.8 Å². The van der Waals surface area contributed by atoms with Crippen LogP contribution in [0.4, 0.5) is 8.78 Å². The van der Waals surface area contributed by atoms with E-state index in [2.05, 4.69) is 4.90 Å². The van der Waals surface area contributed by atoms with E-state index in [9.17, 15) is 8.78 Å². The van der Waals surface area contributed by atoms with Gasteiger partial charge in [-0.3, -0.25) is 4.90 Å². The molecular formula is C11H16Cl2F2N2. The Morgan fingerprint density at radius 3 is 2.47 bits per heavy atom. The molecular weight excluding hydrogens is 269 g/mol. The Kier molecular flexibility index (Phi) is 6.94. The van der Waals surface area contributed by atoms with Gasteiger partial charge in [0.2, 0.25) is 0 Å². The molecule has 1 aliphatic heterocycles. The maximum absolute atomic E-state index is 12.9. The zero-order valence-electron chi connectivity index (χ0n) is 9.23. The molecule has 1 aromatic rings. The molecule has 2 rings (SSSR count). The fourth-order valence-electron chi connectivity index (χ4n) is 1.90. The van der Waals surface area contributed by atoms with E-state index >= 15 is 0 Å². The molecule has 1 fully saturated rings. The van der Waals surface area contributed by atoms with Gasteiger partial charge < -0.3 is 5.73 Å². The lowest BCUT2D eigenvalue weighted by Gasteiger charge is -2.14. The molecule has 0 bridgehead atoms. The Morgan fingerprint density at radius 2 is 1.94 bits per heavy atom. The Balaban J connectivity index is 0.00000128. The number of benzene rings is 1. The van der Waals surface area contributed by atoms with Gasteiger partial charge >= 0.3 is 0 Å². The van der Waals surface area contributed by atoms with Crippen LogP contribution in [-0.4, -0.2) is 24.0 Å². The fourth-order valence-corrected chi connectivity index (χ4v) is 1.90. The first-order valence-electron chi connectivity index (χ1n) is 5.07. The Hall–Kier alpha value is -0.420. The molecule has 17 heavy (non-hydrogen) atoms. The predicted octanol–water partition coefficient (Wildman–Crippen LogP) is 2.34. The molecule has 1 unspecified atom stereocenters. The van der Waals surface area contributed by atoms with Gasteiger partial charge in [-0.05, 0) is 24.1 Å². The summed E-state index contributed by atoms with van der Waals surface area (Å²) in [6.07, 6.45) is 0.976. The maximum Gasteiger partial charge on any atom is 0.159 e. The van der Waals surface area contributed by atoms with Gasteiger partial charge in [-0.1, -0.05) is 6.07 Å². The normalized spacial score (nSPS) is 19.6. The van der Waals surface area contributed by atoms with E-state index in [-0.39, 0.29) is 30.9 Å². The zero-order chi connectivity index (χ0) is 10.8. The Bertz CT molecular complexity index is 363. The molecule has 1 atom stereocenters. The van der Waals surface area contributed by atoms with Crippen LogP contribution in [0.2, 0.25) is 0 Å². The molecule has 98 valence electrons. The standard InChI is InChI=1S/C11H14F2N2.2ClH/c12-10-2-1-8(5-11(10)13)6-15-4-3-9(14)7-15;;/h1-2,5,9H,3-4,6-7,14H2;2*1H. The summed E-state index contributed by atoms with van der Waals surface area (Å²) in [5.74, 6) is -1.58. The van der Waals surface area contributed by atoms with Crippen molar-refractivity contribution in [1.29, 1.82) is 0 Å². The summed E-state index contributed by atoms with van der Waals surface area (Å²) in [6, 6.07) is 4.25. The Labute approximate surface area is 112 Å². The first-order valence-corrected chi connectivity index (χ1v) is 5.07. The molecule has 1 saturated heterocycles. The van der Waals surface area contributed by atoms with Crippen molar-refractivity contribution in [2.45, 2.75) is 19.0 Å². The molecule has 1 heterocycles. The highest BCUT2D eigenvalue weighted by Crippen LogP contribution is 2.14. The SMILES string of the molecule is Cl.Cl.NC1CCN(Cc2ccc(F)c(F)c2)C1. The monoisotopic (exact) mass is 284 g/mol. The summed E-state index contributed by atoms with van der Waals surface area (Å²) in [5.41, 5.74) is 6.55. The van der Waals surface area contributed by atoms with E-state index in [1.54, 1.807) is 6.07 Å². The highest BCUT2D eigenvalue weighted by atomic mass is 35.5. The minimum atomic E-state index is -0.795. The van der Waals surface area contributed by atoms with Gasteiger partial charge in [-0.2, -0.15) is 0 Å². The van der Waals surface area contributed by atoms with E-state index < -0.39 is 11.6 Å². The number of hydrogen-bond donors (Lipinski definition) is 1. The van der Waals surface area contributed by atoms with Gasteiger partial charge in [0.05, 0.1) is 0 Å². The minimum absolute atomic E-state index is 0. The van der Waals surface area contributed by atoms with Crippen LogP contribution in [0.25, 0.3) is 0 Å². The van der Waals surface area contributed by atoms with E-state index in [0.717, 1.165) is 25.1 Å². The molecule has 1 aromatic carbocycles. The largest absolute Gasteiger partial charge is 0.326 e. The van der Waals surface area contributed by atoms with E-state index in [1.807, 2.05) is 0 Å². The predicted molar refractivity (Wildman–Crippen MR) is 68.7 cm³/mol. The van der Waals surface area contributed by atoms with Crippen molar-refractivity contribution in [1.82, 2.24) is 4.90 Å². The third-order valence-electron chi connectivity index (χ3n) is 2.70. The summed E-state index contributed by atoms with van der Waals surface area (Å²) >= 11 is 0. The van der Waals surface area contributed by atoms with Crippen LogP contribution < -0.4 is 5.73 Å². The van der Waals surface area contributed by atoms with Gasteiger partial charge in [-0.25, -0.2) is 8.78 Å². The second-order valence-electron chi connectivity index (χ2n) is 4.03. The lowest BCUT2D eigenvalue weighted by atomic mass is 10.2. The quantitative estimate of drug-likeness (QED) is 0.903. The molecule has 0 aromatic heterocycles. The molecule has 0 radical (unpaired) electrons. The van der Waals surface area contributed by atoms with Gasteiger partial charge in [0, 0.05) is 25.7 Å². The number of nitrogens with two attached hydrogens (primary N) is 1. The number of halogens is 4. The van der Waals surface area contributed by atoms with Crippen LogP contribution in [0.3, 0.4) is 0 Å². The highest BCUT2D eigenvalue weighted by Gasteiger charge is 2.19. The number of nitrogens with zero attached hydrogens (tertiary/aromatic N) is 1.